The van der Waals surface area contributed by atoms with Gasteiger partial charge in [0.25, 0.3) is 0 Å². The largest absolute Gasteiger partial charge is 0.507 e. The van der Waals surface area contributed by atoms with Gasteiger partial charge < -0.3 is 60.0 Å². The van der Waals surface area contributed by atoms with Crippen molar-refractivity contribution in [2.45, 2.75) is 87.2 Å². The minimum atomic E-state index is -3.27. The highest BCUT2D eigenvalue weighted by Crippen LogP contribution is 2.57. The number of ketones is 3. The van der Waals surface area contributed by atoms with Crippen molar-refractivity contribution >= 4 is 23.3 Å². The fourth-order valence-corrected chi connectivity index (χ4v) is 8.39. The average molecular weight is 714 g/mol. The average Bonchev–Trinajstić information content (AvgIpc) is 3.05. The number of nitrogens with one attached hydrogen (secondary N) is 1. The normalized spacial score (nSPS) is 34.2. The van der Waals surface area contributed by atoms with E-state index in [1.54, 1.807) is 6.92 Å². The molecule has 16 heteroatoms. The van der Waals surface area contributed by atoms with Gasteiger partial charge in [-0.05, 0) is 37.5 Å². The third-order valence-corrected chi connectivity index (χ3v) is 10.9. The fourth-order valence-electron chi connectivity index (χ4n) is 8.39. The monoisotopic (exact) mass is 713 g/mol. The third kappa shape index (κ3) is 4.55. The Morgan fingerprint density at radius 3 is 2.22 bits per heavy atom. The van der Waals surface area contributed by atoms with E-state index in [4.69, 9.17) is 18.9 Å². The number of rotatable bonds is 7. The van der Waals surface area contributed by atoms with Crippen LogP contribution in [0.1, 0.15) is 84.0 Å². The van der Waals surface area contributed by atoms with Gasteiger partial charge >= 0.3 is 5.97 Å². The molecule has 4 aliphatic rings. The van der Waals surface area contributed by atoms with Crippen molar-refractivity contribution in [1.82, 2.24) is 5.32 Å². The number of hydrogen-bond acceptors (Lipinski definition) is 15. The molecule has 0 bridgehead atoms. The number of aryl methyl sites for hydroxylation is 1. The van der Waals surface area contributed by atoms with Crippen LogP contribution < -0.4 is 5.32 Å². The van der Waals surface area contributed by atoms with E-state index in [2.05, 4.69) is 5.32 Å². The molecule has 1 aliphatic heterocycles. The molecule has 1 heterocycles. The number of carboxylic acid groups (broad SMARTS) is 1. The second-order valence-electron chi connectivity index (χ2n) is 13.3. The van der Waals surface area contributed by atoms with Crippen LogP contribution in [0.4, 0.5) is 0 Å². The van der Waals surface area contributed by atoms with E-state index in [0.717, 1.165) is 19.3 Å². The Bertz CT molecular complexity index is 1920. The summed E-state index contributed by atoms with van der Waals surface area (Å²) in [5, 5.41) is 82.8. The molecule has 8 N–H and O–H groups in total. The van der Waals surface area contributed by atoms with E-state index in [1.807, 2.05) is 0 Å². The summed E-state index contributed by atoms with van der Waals surface area (Å²) < 4.78 is 22.3. The first-order valence-electron chi connectivity index (χ1n) is 16.1. The summed E-state index contributed by atoms with van der Waals surface area (Å²) in [6.45, 7) is 4.52. The molecule has 0 saturated carbocycles. The maximum absolute atomic E-state index is 14.7. The Hall–Kier alpha value is -4.26. The predicted octanol–water partition coefficient (Wildman–Crippen LogP) is 0.0765. The molecule has 6 rings (SSSR count). The van der Waals surface area contributed by atoms with Crippen molar-refractivity contribution in [3.05, 3.63) is 68.4 Å². The summed E-state index contributed by atoms with van der Waals surface area (Å²) in [6, 6.07) is 2.21. The number of aliphatic hydroxyl groups is 4. The molecule has 0 aromatic heterocycles. The van der Waals surface area contributed by atoms with Gasteiger partial charge in [0.15, 0.2) is 23.2 Å². The third-order valence-electron chi connectivity index (χ3n) is 10.9. The number of carbonyl (C=O) groups excluding carboxylic acids is 3. The van der Waals surface area contributed by atoms with Crippen LogP contribution in [0.15, 0.2) is 23.9 Å². The van der Waals surface area contributed by atoms with Gasteiger partial charge in [-0.2, -0.15) is 0 Å². The molecule has 274 valence electrons. The van der Waals surface area contributed by atoms with Crippen molar-refractivity contribution in [2.24, 2.45) is 0 Å². The minimum absolute atomic E-state index is 0.0387. The number of Topliss-reactive ketones (excluding diaryl/α,β-unsaturated/α-hetero) is 2. The fraction of sp³-hybridized carbons (Fsp3) is 0.486. The zero-order valence-electron chi connectivity index (χ0n) is 28.5. The molecular formula is C35H39NO15. The lowest BCUT2D eigenvalue weighted by Gasteiger charge is -2.53. The van der Waals surface area contributed by atoms with Crippen molar-refractivity contribution in [1.29, 1.82) is 0 Å². The first kappa shape index (κ1) is 36.5. The number of ether oxygens (including phenoxy) is 4. The van der Waals surface area contributed by atoms with Crippen molar-refractivity contribution in [3.63, 3.8) is 0 Å². The molecule has 0 radical (unpaired) electrons. The Morgan fingerprint density at radius 2 is 1.65 bits per heavy atom. The van der Waals surface area contributed by atoms with Crippen LogP contribution in [-0.2, 0) is 36.6 Å². The molecule has 0 spiro atoms. The smallest absolute Gasteiger partial charge is 0.339 e. The van der Waals surface area contributed by atoms with Gasteiger partial charge in [0.05, 0.1) is 29.0 Å². The van der Waals surface area contributed by atoms with Gasteiger partial charge in [-0.15, -0.1) is 0 Å². The summed E-state index contributed by atoms with van der Waals surface area (Å²) in [7, 11) is 3.60. The highest BCUT2D eigenvalue weighted by atomic mass is 16.6. The zero-order valence-corrected chi connectivity index (χ0v) is 28.5. The number of carboxylic acids is 1. The predicted molar refractivity (Wildman–Crippen MR) is 172 cm³/mol. The van der Waals surface area contributed by atoms with E-state index < -0.39 is 123 Å². The number of fused-ring (bicyclic) bond motifs is 5. The van der Waals surface area contributed by atoms with Crippen molar-refractivity contribution < 1.29 is 73.9 Å². The molecule has 0 amide bonds. The molecule has 9 atom stereocenters. The SMILES string of the molecule is CCC1(O)C(N[C@H]2O[C@@H](C)[C@H](OC)[C@@H](O)[C@H]2OC)=CC(=O)c2c1cc1c(c2O)C(=O)C2(OC)C(O)Cc3cc(C)c(C(=O)O)c(O)c3C2(O)C1=O. The quantitative estimate of drug-likeness (QED) is 0.189. The minimum Gasteiger partial charge on any atom is -0.507 e. The Kier molecular flexibility index (Phi) is 8.72. The Labute approximate surface area is 290 Å². The molecule has 51 heavy (non-hydrogen) atoms. The summed E-state index contributed by atoms with van der Waals surface area (Å²) in [4.78, 5) is 55.1. The number of aromatic carboxylic acids is 1. The molecule has 2 aromatic rings. The molecule has 16 nitrogen and oxygen atoms in total. The van der Waals surface area contributed by atoms with E-state index in [9.17, 15) is 54.9 Å². The molecule has 2 aromatic carbocycles. The van der Waals surface area contributed by atoms with Gasteiger partial charge in [0.1, 0.15) is 41.0 Å². The van der Waals surface area contributed by atoms with Gasteiger partial charge in [0.2, 0.25) is 11.6 Å². The number of carbonyl (C=O) groups is 4. The van der Waals surface area contributed by atoms with Gasteiger partial charge in [-0.3, -0.25) is 14.4 Å². The van der Waals surface area contributed by atoms with Gasteiger partial charge in [-0.1, -0.05) is 13.0 Å². The van der Waals surface area contributed by atoms with Crippen molar-refractivity contribution in [3.8, 4) is 11.5 Å². The maximum atomic E-state index is 14.7. The van der Waals surface area contributed by atoms with Crippen LogP contribution >= 0.6 is 0 Å². The molecular weight excluding hydrogens is 674 g/mol. The highest BCUT2D eigenvalue weighted by molar-refractivity contribution is 6.26. The number of aromatic hydroxyl groups is 2. The lowest BCUT2D eigenvalue weighted by molar-refractivity contribution is -0.237. The number of phenols is 2. The highest BCUT2D eigenvalue weighted by Gasteiger charge is 2.73. The van der Waals surface area contributed by atoms with Crippen LogP contribution in [0.25, 0.3) is 0 Å². The second-order valence-corrected chi connectivity index (χ2v) is 13.3. The first-order chi connectivity index (χ1) is 23.9. The van der Waals surface area contributed by atoms with E-state index in [1.165, 1.54) is 34.1 Å². The van der Waals surface area contributed by atoms with Gasteiger partial charge in [0, 0.05) is 50.5 Å². The number of methoxy groups -OCH3 is 3. The number of phenolic OH excluding ortho intramolecular Hbond substituents is 1. The maximum Gasteiger partial charge on any atom is 0.339 e. The summed E-state index contributed by atoms with van der Waals surface area (Å²) in [6.07, 6.45) is -6.61. The number of allylic oxidation sites excluding steroid dienone is 1. The van der Waals surface area contributed by atoms with Crippen LogP contribution in [0.2, 0.25) is 0 Å². The van der Waals surface area contributed by atoms with Crippen LogP contribution in [-0.4, -0.2) is 123 Å². The van der Waals surface area contributed by atoms with E-state index in [-0.39, 0.29) is 28.8 Å². The van der Waals surface area contributed by atoms with E-state index in [0.29, 0.717) is 0 Å². The standard InChI is InChI=1S/C35H39NO15/c1-7-33(46)16-10-15-21(24(39)22(16)17(37)11-18(33)36-31-28(49-5)26(41)27(48-4)13(3)51-31)30(43)35(50-6)19(38)9-14-8-12(2)20(32(44)45)25(40)23(14)34(35,47)29(15)42/h8,10-11,13,19,26-28,31,36,38-41,46-47H,7,9H2,1-6H3,(H,44,45)/t13-,19?,26+,27-,28+,31-,33?,34?,35?/m0/s1. The Balaban J connectivity index is 1.56. The van der Waals surface area contributed by atoms with Crippen LogP contribution in [0, 0.1) is 6.92 Å². The van der Waals surface area contributed by atoms with Crippen LogP contribution in [0.5, 0.6) is 11.5 Å². The number of hydrogen-bond donors (Lipinski definition) is 8. The van der Waals surface area contributed by atoms with E-state index >= 15 is 0 Å². The topological polar surface area (TPSA) is 259 Å². The number of aliphatic hydroxyl groups excluding tert-OH is 2. The molecule has 4 unspecified atom stereocenters. The first-order valence-corrected chi connectivity index (χ1v) is 16.1. The number of benzene rings is 2. The molecule has 1 fully saturated rings. The molecule has 1 saturated heterocycles. The lowest BCUT2D eigenvalue weighted by Crippen LogP contribution is -2.73. The van der Waals surface area contributed by atoms with Crippen molar-refractivity contribution in [2.75, 3.05) is 21.3 Å². The summed E-state index contributed by atoms with van der Waals surface area (Å²) in [5.41, 5.74) is -12.4. The Morgan fingerprint density at radius 1 is 1.00 bits per heavy atom. The molecule has 3 aliphatic carbocycles. The second kappa shape index (κ2) is 12.2. The summed E-state index contributed by atoms with van der Waals surface area (Å²) in [5.74, 6) is -7.35. The van der Waals surface area contributed by atoms with Gasteiger partial charge in [-0.25, -0.2) is 4.79 Å². The summed E-state index contributed by atoms with van der Waals surface area (Å²) >= 11 is 0. The zero-order chi connectivity index (χ0) is 37.7. The van der Waals surface area contributed by atoms with Crippen LogP contribution in [0.3, 0.4) is 0 Å². The lowest BCUT2D eigenvalue weighted by atomic mass is 9.56.